The third-order valence-electron chi connectivity index (χ3n) is 5.30. The van der Waals surface area contributed by atoms with E-state index in [0.717, 1.165) is 25.7 Å². The quantitative estimate of drug-likeness (QED) is 0.612. The van der Waals surface area contributed by atoms with Crippen LogP contribution in [0.2, 0.25) is 0 Å². The SMILES string of the molecule is CN(CC(=O)NCc1ccco1)C(=O)/C=C/c1ccc(S(=O)(=O)N2CCCCCC2)cc1. The molecule has 9 heteroatoms. The molecule has 1 aromatic carbocycles. The molecule has 8 nitrogen and oxygen atoms in total. The summed E-state index contributed by atoms with van der Waals surface area (Å²) in [7, 11) is -1.96. The Morgan fingerprint density at radius 3 is 2.41 bits per heavy atom. The van der Waals surface area contributed by atoms with Crippen molar-refractivity contribution in [2.45, 2.75) is 37.1 Å². The van der Waals surface area contributed by atoms with Gasteiger partial charge in [0.1, 0.15) is 5.76 Å². The summed E-state index contributed by atoms with van der Waals surface area (Å²) in [5, 5.41) is 2.68. The summed E-state index contributed by atoms with van der Waals surface area (Å²) in [6.45, 7) is 1.28. The molecule has 0 radical (unpaired) electrons. The first kappa shape index (κ1) is 23.7. The molecule has 2 aromatic rings. The van der Waals surface area contributed by atoms with Gasteiger partial charge >= 0.3 is 0 Å². The number of sulfonamides is 1. The Bertz CT molecular complexity index is 1020. The zero-order valence-electron chi connectivity index (χ0n) is 18.2. The van der Waals surface area contributed by atoms with Crippen LogP contribution < -0.4 is 5.32 Å². The molecule has 0 aliphatic carbocycles. The van der Waals surface area contributed by atoms with Crippen molar-refractivity contribution in [1.29, 1.82) is 0 Å². The maximum Gasteiger partial charge on any atom is 0.246 e. The van der Waals surface area contributed by atoms with Crippen LogP contribution in [0, 0.1) is 0 Å². The van der Waals surface area contributed by atoms with Gasteiger partial charge in [0.2, 0.25) is 21.8 Å². The molecule has 1 aliphatic heterocycles. The predicted octanol–water partition coefficient (Wildman–Crippen LogP) is 2.63. The van der Waals surface area contributed by atoms with Crippen molar-refractivity contribution in [1.82, 2.24) is 14.5 Å². The summed E-state index contributed by atoms with van der Waals surface area (Å²) >= 11 is 0. The number of nitrogens with zero attached hydrogens (tertiary/aromatic N) is 2. The number of nitrogens with one attached hydrogen (secondary N) is 1. The predicted molar refractivity (Wildman–Crippen MR) is 121 cm³/mol. The van der Waals surface area contributed by atoms with Gasteiger partial charge in [-0.15, -0.1) is 0 Å². The topological polar surface area (TPSA) is 99.9 Å². The fraction of sp³-hybridized carbons (Fsp3) is 0.391. The summed E-state index contributed by atoms with van der Waals surface area (Å²) in [6, 6.07) is 9.96. The second kappa shape index (κ2) is 11.1. The highest BCUT2D eigenvalue weighted by Gasteiger charge is 2.24. The largest absolute Gasteiger partial charge is 0.467 e. The van der Waals surface area contributed by atoms with Crippen molar-refractivity contribution in [2.24, 2.45) is 0 Å². The molecule has 32 heavy (non-hydrogen) atoms. The lowest BCUT2D eigenvalue weighted by atomic mass is 10.2. The van der Waals surface area contributed by atoms with Crippen molar-refractivity contribution in [3.8, 4) is 0 Å². The lowest BCUT2D eigenvalue weighted by Gasteiger charge is -2.19. The van der Waals surface area contributed by atoms with E-state index >= 15 is 0 Å². The highest BCUT2D eigenvalue weighted by molar-refractivity contribution is 7.89. The van der Waals surface area contributed by atoms with E-state index in [1.807, 2.05) is 0 Å². The Hall–Kier alpha value is -2.91. The van der Waals surface area contributed by atoms with Gasteiger partial charge in [-0.3, -0.25) is 9.59 Å². The number of amides is 2. The molecule has 1 saturated heterocycles. The smallest absolute Gasteiger partial charge is 0.246 e. The second-order valence-corrected chi connectivity index (χ2v) is 9.71. The normalized spacial score (nSPS) is 15.4. The minimum Gasteiger partial charge on any atom is -0.467 e. The molecule has 0 atom stereocenters. The molecule has 1 fully saturated rings. The molecule has 2 amide bonds. The lowest BCUT2D eigenvalue weighted by Crippen LogP contribution is -2.37. The zero-order chi connectivity index (χ0) is 23.0. The van der Waals surface area contributed by atoms with Crippen molar-refractivity contribution in [2.75, 3.05) is 26.7 Å². The Balaban J connectivity index is 1.52. The van der Waals surface area contributed by atoms with Gasteiger partial charge in [-0.1, -0.05) is 25.0 Å². The highest BCUT2D eigenvalue weighted by Crippen LogP contribution is 2.21. The van der Waals surface area contributed by atoms with Crippen molar-refractivity contribution in [3.63, 3.8) is 0 Å². The molecule has 0 bridgehead atoms. The van der Waals surface area contributed by atoms with E-state index in [0.29, 0.717) is 24.4 Å². The first-order valence-corrected chi connectivity index (χ1v) is 12.1. The zero-order valence-corrected chi connectivity index (χ0v) is 19.0. The van der Waals surface area contributed by atoms with Crippen LogP contribution in [-0.2, 0) is 26.2 Å². The van der Waals surface area contributed by atoms with Crippen molar-refractivity contribution < 1.29 is 22.4 Å². The summed E-state index contributed by atoms with van der Waals surface area (Å²) < 4.78 is 32.4. The number of hydrogen-bond acceptors (Lipinski definition) is 5. The molecule has 1 aliphatic rings. The molecule has 0 saturated carbocycles. The van der Waals surface area contributed by atoms with Gasteiger partial charge < -0.3 is 14.6 Å². The van der Waals surface area contributed by atoms with Gasteiger partial charge in [-0.05, 0) is 48.7 Å². The van der Waals surface area contributed by atoms with E-state index in [1.54, 1.807) is 46.8 Å². The number of furan rings is 1. The van der Waals surface area contributed by atoms with Gasteiger partial charge in [0.15, 0.2) is 0 Å². The maximum absolute atomic E-state index is 12.8. The van der Waals surface area contributed by atoms with Crippen LogP contribution >= 0.6 is 0 Å². The first-order valence-electron chi connectivity index (χ1n) is 10.7. The number of hydrogen-bond donors (Lipinski definition) is 1. The number of likely N-dealkylation sites (N-methyl/N-ethyl adjacent to an activating group) is 1. The first-order chi connectivity index (χ1) is 15.4. The average molecular weight is 460 g/mol. The van der Waals surface area contributed by atoms with Crippen LogP contribution in [0.5, 0.6) is 0 Å². The van der Waals surface area contributed by atoms with E-state index in [-0.39, 0.29) is 29.8 Å². The second-order valence-electron chi connectivity index (χ2n) is 7.77. The van der Waals surface area contributed by atoms with Gasteiger partial charge in [-0.25, -0.2) is 8.42 Å². The van der Waals surface area contributed by atoms with Crippen LogP contribution in [0.3, 0.4) is 0 Å². The van der Waals surface area contributed by atoms with Gasteiger partial charge in [0.05, 0.1) is 24.2 Å². The molecule has 0 spiro atoms. The highest BCUT2D eigenvalue weighted by atomic mass is 32.2. The standard InChI is InChI=1S/C23H29N3O5S/c1-25(18-22(27)24-17-20-7-6-16-31-20)23(28)13-10-19-8-11-21(12-9-19)32(29,30)26-14-4-2-3-5-15-26/h6-13,16H,2-5,14-15,17-18H2,1H3,(H,24,27)/b13-10+. The van der Waals surface area contributed by atoms with E-state index < -0.39 is 10.0 Å². The Labute approximate surface area is 188 Å². The van der Waals surface area contributed by atoms with Gasteiger partial charge in [-0.2, -0.15) is 4.31 Å². The van der Waals surface area contributed by atoms with E-state index in [4.69, 9.17) is 4.42 Å². The van der Waals surface area contributed by atoms with Gasteiger partial charge in [0, 0.05) is 26.2 Å². The van der Waals surface area contributed by atoms with Crippen LogP contribution in [0.4, 0.5) is 0 Å². The minimum absolute atomic E-state index is 0.0864. The third-order valence-corrected chi connectivity index (χ3v) is 7.21. The van der Waals surface area contributed by atoms with E-state index in [1.165, 1.54) is 24.3 Å². The summed E-state index contributed by atoms with van der Waals surface area (Å²) in [4.78, 5) is 25.8. The summed E-state index contributed by atoms with van der Waals surface area (Å²) in [5.41, 5.74) is 0.698. The molecular formula is C23H29N3O5S. The van der Waals surface area contributed by atoms with Crippen LogP contribution in [0.1, 0.15) is 37.0 Å². The summed E-state index contributed by atoms with van der Waals surface area (Å²) in [5.74, 6) is 0.00154. The number of benzene rings is 1. The Kier molecular flexibility index (Phi) is 8.24. The number of rotatable bonds is 8. The molecular weight excluding hydrogens is 430 g/mol. The van der Waals surface area contributed by atoms with Crippen molar-refractivity contribution in [3.05, 3.63) is 60.1 Å². The van der Waals surface area contributed by atoms with E-state index in [2.05, 4.69) is 5.32 Å². The number of carbonyl (C=O) groups excluding carboxylic acids is 2. The molecule has 1 N–H and O–H groups in total. The van der Waals surface area contributed by atoms with Crippen LogP contribution in [-0.4, -0.2) is 56.1 Å². The van der Waals surface area contributed by atoms with Crippen LogP contribution in [0.25, 0.3) is 6.08 Å². The van der Waals surface area contributed by atoms with Crippen molar-refractivity contribution >= 4 is 27.9 Å². The minimum atomic E-state index is -3.50. The monoisotopic (exact) mass is 459 g/mol. The third kappa shape index (κ3) is 6.54. The summed E-state index contributed by atoms with van der Waals surface area (Å²) in [6.07, 6.45) is 8.37. The Morgan fingerprint density at radius 1 is 1.09 bits per heavy atom. The Morgan fingerprint density at radius 2 is 1.78 bits per heavy atom. The molecule has 3 rings (SSSR count). The fourth-order valence-electron chi connectivity index (χ4n) is 3.42. The van der Waals surface area contributed by atoms with Gasteiger partial charge in [0.25, 0.3) is 0 Å². The maximum atomic E-state index is 12.8. The number of carbonyl (C=O) groups is 2. The average Bonchev–Trinajstić information content (AvgIpc) is 3.15. The fourth-order valence-corrected chi connectivity index (χ4v) is 4.94. The molecule has 172 valence electrons. The lowest BCUT2D eigenvalue weighted by molar-refractivity contribution is -0.131. The molecule has 2 heterocycles. The van der Waals surface area contributed by atoms with E-state index in [9.17, 15) is 18.0 Å². The molecule has 1 aromatic heterocycles. The van der Waals surface area contributed by atoms with Crippen LogP contribution in [0.15, 0.2) is 58.1 Å². The molecule has 0 unspecified atom stereocenters.